The van der Waals surface area contributed by atoms with E-state index in [1.807, 2.05) is 35.5 Å². The molecule has 0 aliphatic carbocycles. The molecule has 2 aliphatic heterocycles. The van der Waals surface area contributed by atoms with E-state index >= 15 is 0 Å². The highest BCUT2D eigenvalue weighted by atomic mass is 16.5. The molecule has 0 saturated carbocycles. The van der Waals surface area contributed by atoms with Crippen LogP contribution in [0.1, 0.15) is 24.1 Å². The Kier molecular flexibility index (Phi) is 5.32. The number of pyridine rings is 1. The number of rotatable bonds is 5. The first-order chi connectivity index (χ1) is 12.8. The minimum absolute atomic E-state index is 0.230. The van der Waals surface area contributed by atoms with Crippen molar-refractivity contribution in [1.29, 1.82) is 0 Å². The number of hydrogen-bond donors (Lipinski definition) is 1. The number of aromatic nitrogens is 2. The van der Waals surface area contributed by atoms with Crippen molar-refractivity contribution < 1.29 is 9.53 Å². The maximum absolute atomic E-state index is 12.7. The Morgan fingerprint density at radius 1 is 1.31 bits per heavy atom. The van der Waals surface area contributed by atoms with Crippen molar-refractivity contribution >= 4 is 5.91 Å². The molecule has 1 amide bonds. The maximum atomic E-state index is 12.7. The number of nitrogens with zero attached hydrogens (tertiary/aromatic N) is 3. The average molecular weight is 354 g/mol. The van der Waals surface area contributed by atoms with Gasteiger partial charge < -0.3 is 14.6 Å². The fourth-order valence-corrected chi connectivity index (χ4v) is 4.01. The molecule has 26 heavy (non-hydrogen) atoms. The predicted octanol–water partition coefficient (Wildman–Crippen LogP) is 1.84. The number of likely N-dealkylation sites (tertiary alicyclic amines) is 1. The molecule has 4 heterocycles. The van der Waals surface area contributed by atoms with Gasteiger partial charge in [0, 0.05) is 56.9 Å². The number of aromatic amines is 1. The summed E-state index contributed by atoms with van der Waals surface area (Å²) >= 11 is 0. The molecule has 0 bridgehead atoms. The second-order valence-corrected chi connectivity index (χ2v) is 7.13. The quantitative estimate of drug-likeness (QED) is 0.890. The van der Waals surface area contributed by atoms with E-state index in [2.05, 4.69) is 20.9 Å². The Labute approximate surface area is 154 Å². The van der Waals surface area contributed by atoms with Crippen molar-refractivity contribution in [1.82, 2.24) is 19.8 Å². The molecule has 2 aromatic rings. The second kappa shape index (κ2) is 8.01. The van der Waals surface area contributed by atoms with E-state index in [1.54, 1.807) is 6.20 Å². The summed E-state index contributed by atoms with van der Waals surface area (Å²) in [6.07, 6.45) is 8.11. The number of amides is 1. The Morgan fingerprint density at radius 2 is 2.27 bits per heavy atom. The van der Waals surface area contributed by atoms with Crippen LogP contribution in [0.4, 0.5) is 0 Å². The third kappa shape index (κ3) is 3.97. The molecule has 4 rings (SSSR count). The minimum Gasteiger partial charge on any atom is -0.375 e. The summed E-state index contributed by atoms with van der Waals surface area (Å²) in [7, 11) is 0. The number of morpholine rings is 1. The number of hydrogen-bond acceptors (Lipinski definition) is 4. The average Bonchev–Trinajstić information content (AvgIpc) is 3.20. The fraction of sp³-hybridized carbons (Fsp3) is 0.500. The van der Waals surface area contributed by atoms with Gasteiger partial charge in [-0.05, 0) is 36.6 Å². The molecular formula is C20H26N4O2. The van der Waals surface area contributed by atoms with Gasteiger partial charge in [0.25, 0.3) is 0 Å². The number of piperidine rings is 1. The monoisotopic (exact) mass is 354 g/mol. The zero-order valence-electron chi connectivity index (χ0n) is 15.0. The number of aryl methyl sites for hydroxylation is 1. The lowest BCUT2D eigenvalue weighted by Crippen LogP contribution is -2.60. The van der Waals surface area contributed by atoms with Crippen molar-refractivity contribution in [3.8, 4) is 0 Å². The van der Waals surface area contributed by atoms with Crippen molar-refractivity contribution in [2.75, 3.05) is 26.2 Å². The summed E-state index contributed by atoms with van der Waals surface area (Å²) in [5.41, 5.74) is 2.33. The predicted molar refractivity (Wildman–Crippen MR) is 98.5 cm³/mol. The van der Waals surface area contributed by atoms with Gasteiger partial charge in [-0.25, -0.2) is 0 Å². The summed E-state index contributed by atoms with van der Waals surface area (Å²) in [5, 5.41) is 0. The van der Waals surface area contributed by atoms with E-state index in [-0.39, 0.29) is 18.1 Å². The summed E-state index contributed by atoms with van der Waals surface area (Å²) in [6, 6.07) is 8.36. The first-order valence-corrected chi connectivity index (χ1v) is 9.44. The molecule has 6 heteroatoms. The van der Waals surface area contributed by atoms with Crippen molar-refractivity contribution in [2.45, 2.75) is 38.0 Å². The van der Waals surface area contributed by atoms with Gasteiger partial charge in [0.15, 0.2) is 0 Å². The number of carbonyl (C=O) groups is 1. The number of fused-ring (bicyclic) bond motifs is 1. The van der Waals surface area contributed by atoms with Crippen LogP contribution in [0.15, 0.2) is 42.9 Å². The maximum Gasteiger partial charge on any atom is 0.223 e. The number of H-pyrrole nitrogens is 1. The van der Waals surface area contributed by atoms with Gasteiger partial charge in [-0.1, -0.05) is 6.07 Å². The van der Waals surface area contributed by atoms with Crippen molar-refractivity contribution in [3.05, 3.63) is 54.1 Å². The number of carbonyl (C=O) groups excluding carboxylic acids is 1. The van der Waals surface area contributed by atoms with Crippen LogP contribution in [0.3, 0.4) is 0 Å². The lowest BCUT2D eigenvalue weighted by molar-refractivity contribution is -0.143. The van der Waals surface area contributed by atoms with E-state index in [1.165, 1.54) is 5.56 Å². The largest absolute Gasteiger partial charge is 0.375 e. The third-order valence-corrected chi connectivity index (χ3v) is 5.43. The molecule has 0 unspecified atom stereocenters. The highest BCUT2D eigenvalue weighted by Gasteiger charge is 2.38. The number of ether oxygens (including phenoxy) is 1. The Balaban J connectivity index is 1.37. The van der Waals surface area contributed by atoms with Gasteiger partial charge in [0.2, 0.25) is 5.91 Å². The van der Waals surface area contributed by atoms with Gasteiger partial charge in [0.1, 0.15) is 0 Å². The second-order valence-electron chi connectivity index (χ2n) is 7.13. The first kappa shape index (κ1) is 17.2. The van der Waals surface area contributed by atoms with E-state index < -0.39 is 0 Å². The lowest BCUT2D eigenvalue weighted by atomic mass is 9.97. The van der Waals surface area contributed by atoms with Crippen LogP contribution in [0, 0.1) is 0 Å². The van der Waals surface area contributed by atoms with Gasteiger partial charge in [-0.2, -0.15) is 0 Å². The summed E-state index contributed by atoms with van der Waals surface area (Å²) in [5.74, 6) is 0.241. The minimum atomic E-state index is 0.230. The zero-order chi connectivity index (χ0) is 17.8. The zero-order valence-corrected chi connectivity index (χ0v) is 15.0. The molecular weight excluding hydrogens is 328 g/mol. The highest BCUT2D eigenvalue weighted by Crippen LogP contribution is 2.25. The Bertz CT molecular complexity index is 704. The van der Waals surface area contributed by atoms with Crippen LogP contribution in [0.5, 0.6) is 0 Å². The molecule has 2 fully saturated rings. The van der Waals surface area contributed by atoms with E-state index in [0.717, 1.165) is 51.3 Å². The summed E-state index contributed by atoms with van der Waals surface area (Å²) in [6.45, 7) is 4.09. The first-order valence-electron chi connectivity index (χ1n) is 9.44. The molecule has 2 atom stereocenters. The molecule has 6 nitrogen and oxygen atoms in total. The fourth-order valence-electron chi connectivity index (χ4n) is 4.01. The molecule has 138 valence electrons. The van der Waals surface area contributed by atoms with Gasteiger partial charge in [0.05, 0.1) is 18.8 Å². The van der Waals surface area contributed by atoms with Gasteiger partial charge in [-0.15, -0.1) is 0 Å². The lowest BCUT2D eigenvalue weighted by Gasteiger charge is -2.47. The van der Waals surface area contributed by atoms with Crippen LogP contribution >= 0.6 is 0 Å². The highest BCUT2D eigenvalue weighted by molar-refractivity contribution is 5.76. The third-order valence-electron chi connectivity index (χ3n) is 5.43. The van der Waals surface area contributed by atoms with E-state index in [0.29, 0.717) is 6.42 Å². The SMILES string of the molecule is O=C(CCc1ccc[nH]1)N1CC[C@@H]2OCCN(Cc3cccnc3)[C@H]2C1. The van der Waals surface area contributed by atoms with Crippen LogP contribution in [0.2, 0.25) is 0 Å². The van der Waals surface area contributed by atoms with Crippen molar-refractivity contribution in [2.24, 2.45) is 0 Å². The molecule has 0 spiro atoms. The molecule has 0 radical (unpaired) electrons. The van der Waals surface area contributed by atoms with E-state index in [9.17, 15) is 4.79 Å². The normalized spacial score (nSPS) is 23.6. The van der Waals surface area contributed by atoms with Crippen LogP contribution in [-0.4, -0.2) is 64.1 Å². The molecule has 2 aliphatic rings. The number of nitrogens with one attached hydrogen (secondary N) is 1. The smallest absolute Gasteiger partial charge is 0.223 e. The summed E-state index contributed by atoms with van der Waals surface area (Å²) in [4.78, 5) is 24.5. The molecule has 0 aromatic carbocycles. The van der Waals surface area contributed by atoms with Gasteiger partial charge >= 0.3 is 0 Å². The van der Waals surface area contributed by atoms with Crippen molar-refractivity contribution in [3.63, 3.8) is 0 Å². The molecule has 2 aromatic heterocycles. The van der Waals surface area contributed by atoms with Gasteiger partial charge in [-0.3, -0.25) is 14.7 Å². The Morgan fingerprint density at radius 3 is 3.08 bits per heavy atom. The molecule has 2 saturated heterocycles. The Hall–Kier alpha value is -2.18. The summed E-state index contributed by atoms with van der Waals surface area (Å²) < 4.78 is 6.00. The van der Waals surface area contributed by atoms with Crippen LogP contribution in [0.25, 0.3) is 0 Å². The standard InChI is InChI=1S/C20H26N4O2/c25-20(6-5-17-4-2-9-22-17)24-10-7-19-18(15-24)23(11-12-26-19)14-16-3-1-8-21-13-16/h1-4,8-9,13,18-19,22H,5-7,10-12,14-15H2/t18-,19-/m0/s1. The van der Waals surface area contributed by atoms with Crippen LogP contribution < -0.4 is 0 Å². The van der Waals surface area contributed by atoms with Crippen LogP contribution in [-0.2, 0) is 22.5 Å². The topological polar surface area (TPSA) is 61.5 Å². The molecule has 1 N–H and O–H groups in total. The van der Waals surface area contributed by atoms with E-state index in [4.69, 9.17) is 4.74 Å².